The first-order valence-corrected chi connectivity index (χ1v) is 7.63. The van der Waals surface area contributed by atoms with Crippen LogP contribution in [0.3, 0.4) is 0 Å². The van der Waals surface area contributed by atoms with Gasteiger partial charge >= 0.3 is 0 Å². The second kappa shape index (κ2) is 6.95. The molecule has 1 aliphatic rings. The monoisotopic (exact) mass is 261 g/mol. The van der Waals surface area contributed by atoms with E-state index in [0.29, 0.717) is 6.04 Å². The van der Waals surface area contributed by atoms with Crippen LogP contribution >= 0.6 is 0 Å². The number of aliphatic hydroxyl groups excluding tert-OH is 1. The molecule has 1 saturated carbocycles. The van der Waals surface area contributed by atoms with Crippen molar-refractivity contribution >= 4 is 5.69 Å². The summed E-state index contributed by atoms with van der Waals surface area (Å²) in [6.07, 6.45) is 6.66. The van der Waals surface area contributed by atoms with Crippen LogP contribution in [0, 0.1) is 11.8 Å². The molecule has 0 aromatic heterocycles. The number of hydrogen-bond acceptors (Lipinski definition) is 2. The van der Waals surface area contributed by atoms with Gasteiger partial charge in [0.2, 0.25) is 0 Å². The van der Waals surface area contributed by atoms with E-state index in [1.54, 1.807) is 0 Å². The summed E-state index contributed by atoms with van der Waals surface area (Å²) in [7, 11) is 0. The molecule has 2 rings (SSSR count). The second-order valence-corrected chi connectivity index (χ2v) is 6.36. The smallest absolute Gasteiger partial charge is 0.0682 e. The van der Waals surface area contributed by atoms with Gasteiger partial charge in [-0.15, -0.1) is 0 Å². The molecule has 1 fully saturated rings. The van der Waals surface area contributed by atoms with Crippen LogP contribution < -0.4 is 5.32 Å². The Bertz CT molecular complexity index is 389. The van der Waals surface area contributed by atoms with Gasteiger partial charge in [0.25, 0.3) is 0 Å². The number of anilines is 1. The van der Waals surface area contributed by atoms with E-state index in [0.717, 1.165) is 23.1 Å². The molecule has 2 nitrogen and oxygen atoms in total. The fourth-order valence-corrected chi connectivity index (χ4v) is 3.30. The van der Waals surface area contributed by atoms with E-state index in [1.165, 1.54) is 32.1 Å². The summed E-state index contributed by atoms with van der Waals surface area (Å²) < 4.78 is 0. The van der Waals surface area contributed by atoms with Crippen LogP contribution in [0.4, 0.5) is 5.69 Å². The molecule has 106 valence electrons. The van der Waals surface area contributed by atoms with Crippen molar-refractivity contribution in [2.75, 3.05) is 5.32 Å². The van der Waals surface area contributed by atoms with Gasteiger partial charge in [0.05, 0.1) is 6.61 Å². The van der Waals surface area contributed by atoms with Gasteiger partial charge in [-0.05, 0) is 48.8 Å². The molecule has 0 bridgehead atoms. The Morgan fingerprint density at radius 2 is 2.16 bits per heavy atom. The van der Waals surface area contributed by atoms with Gasteiger partial charge in [-0.25, -0.2) is 0 Å². The van der Waals surface area contributed by atoms with Crippen LogP contribution in [0.15, 0.2) is 24.3 Å². The van der Waals surface area contributed by atoms with Crippen LogP contribution in [-0.2, 0) is 6.61 Å². The van der Waals surface area contributed by atoms with Crippen molar-refractivity contribution in [2.24, 2.45) is 11.8 Å². The fourth-order valence-electron chi connectivity index (χ4n) is 3.30. The van der Waals surface area contributed by atoms with Crippen LogP contribution in [0.5, 0.6) is 0 Å². The summed E-state index contributed by atoms with van der Waals surface area (Å²) in [5.41, 5.74) is 2.14. The van der Waals surface area contributed by atoms with E-state index in [-0.39, 0.29) is 6.61 Å². The number of nitrogens with one attached hydrogen (secondary N) is 1. The molecule has 0 aliphatic heterocycles. The van der Waals surface area contributed by atoms with Crippen molar-refractivity contribution in [1.29, 1.82) is 0 Å². The van der Waals surface area contributed by atoms with E-state index in [1.807, 2.05) is 12.1 Å². The lowest BCUT2D eigenvalue weighted by atomic mass is 9.81. The highest BCUT2D eigenvalue weighted by atomic mass is 16.3. The zero-order chi connectivity index (χ0) is 13.7. The first-order chi connectivity index (χ1) is 9.17. The normalized spacial score (nSPS) is 23.6. The highest BCUT2D eigenvalue weighted by Gasteiger charge is 2.22. The SMILES string of the molecule is CC(C)CC1CCCC(Nc2cccc(CO)c2)C1. The zero-order valence-corrected chi connectivity index (χ0v) is 12.2. The average molecular weight is 261 g/mol. The number of benzene rings is 1. The van der Waals surface area contributed by atoms with Crippen LogP contribution in [-0.4, -0.2) is 11.1 Å². The first-order valence-electron chi connectivity index (χ1n) is 7.63. The predicted octanol–water partition coefficient (Wildman–Crippen LogP) is 4.20. The lowest BCUT2D eigenvalue weighted by Gasteiger charge is -2.31. The van der Waals surface area contributed by atoms with Gasteiger partial charge in [-0.1, -0.05) is 38.8 Å². The van der Waals surface area contributed by atoms with E-state index in [2.05, 4.69) is 31.3 Å². The number of rotatable bonds is 5. The van der Waals surface area contributed by atoms with E-state index < -0.39 is 0 Å². The van der Waals surface area contributed by atoms with Crippen molar-refractivity contribution < 1.29 is 5.11 Å². The zero-order valence-electron chi connectivity index (χ0n) is 12.2. The highest BCUT2D eigenvalue weighted by molar-refractivity contribution is 5.46. The molecule has 2 heteroatoms. The van der Waals surface area contributed by atoms with E-state index >= 15 is 0 Å². The maximum atomic E-state index is 9.18. The minimum atomic E-state index is 0.121. The van der Waals surface area contributed by atoms with Gasteiger partial charge in [0, 0.05) is 11.7 Å². The number of hydrogen-bond donors (Lipinski definition) is 2. The first kappa shape index (κ1) is 14.4. The molecule has 2 N–H and O–H groups in total. The minimum absolute atomic E-state index is 0.121. The van der Waals surface area contributed by atoms with Gasteiger partial charge in [-0.3, -0.25) is 0 Å². The molecule has 0 heterocycles. The van der Waals surface area contributed by atoms with Crippen molar-refractivity contribution in [3.05, 3.63) is 29.8 Å². The molecule has 1 aromatic rings. The Kier molecular flexibility index (Phi) is 5.26. The summed E-state index contributed by atoms with van der Waals surface area (Å²) in [6.45, 7) is 4.76. The molecule has 2 atom stereocenters. The molecule has 0 radical (unpaired) electrons. The van der Waals surface area contributed by atoms with Crippen LogP contribution in [0.1, 0.15) is 51.5 Å². The lowest BCUT2D eigenvalue weighted by Crippen LogP contribution is -2.28. The molecule has 0 amide bonds. The van der Waals surface area contributed by atoms with Gasteiger partial charge in [0.15, 0.2) is 0 Å². The van der Waals surface area contributed by atoms with Gasteiger partial charge in [0.1, 0.15) is 0 Å². The van der Waals surface area contributed by atoms with Crippen molar-refractivity contribution in [3.63, 3.8) is 0 Å². The lowest BCUT2D eigenvalue weighted by molar-refractivity contribution is 0.281. The van der Waals surface area contributed by atoms with Crippen molar-refractivity contribution in [2.45, 2.75) is 58.6 Å². The summed E-state index contributed by atoms with van der Waals surface area (Å²) in [6, 6.07) is 8.75. The van der Waals surface area contributed by atoms with Gasteiger partial charge in [-0.2, -0.15) is 0 Å². The maximum Gasteiger partial charge on any atom is 0.0682 e. The molecule has 1 aromatic carbocycles. The Morgan fingerprint density at radius 1 is 1.32 bits per heavy atom. The molecule has 1 aliphatic carbocycles. The Labute approximate surface area is 117 Å². The Morgan fingerprint density at radius 3 is 2.89 bits per heavy atom. The highest BCUT2D eigenvalue weighted by Crippen LogP contribution is 2.31. The third-order valence-corrected chi connectivity index (χ3v) is 4.07. The largest absolute Gasteiger partial charge is 0.392 e. The Hall–Kier alpha value is -1.02. The van der Waals surface area contributed by atoms with Crippen molar-refractivity contribution in [3.8, 4) is 0 Å². The summed E-state index contributed by atoms with van der Waals surface area (Å²) >= 11 is 0. The molecule has 2 unspecified atom stereocenters. The Balaban J connectivity index is 1.90. The predicted molar refractivity (Wildman–Crippen MR) is 81.2 cm³/mol. The molecular formula is C17H27NO. The maximum absolute atomic E-state index is 9.18. The van der Waals surface area contributed by atoms with Crippen LogP contribution in [0.25, 0.3) is 0 Å². The minimum Gasteiger partial charge on any atom is -0.392 e. The third kappa shape index (κ3) is 4.54. The quantitative estimate of drug-likeness (QED) is 0.832. The molecule has 19 heavy (non-hydrogen) atoms. The molecule has 0 spiro atoms. The summed E-state index contributed by atoms with van der Waals surface area (Å²) in [5, 5.41) is 12.8. The number of aliphatic hydroxyl groups is 1. The third-order valence-electron chi connectivity index (χ3n) is 4.07. The second-order valence-electron chi connectivity index (χ2n) is 6.36. The fraction of sp³-hybridized carbons (Fsp3) is 0.647. The molecule has 0 saturated heterocycles. The topological polar surface area (TPSA) is 32.3 Å². The van der Waals surface area contributed by atoms with E-state index in [9.17, 15) is 5.11 Å². The van der Waals surface area contributed by atoms with Crippen LogP contribution in [0.2, 0.25) is 0 Å². The molecular weight excluding hydrogens is 234 g/mol. The van der Waals surface area contributed by atoms with Gasteiger partial charge < -0.3 is 10.4 Å². The average Bonchev–Trinajstić information content (AvgIpc) is 2.38. The standard InChI is InChI=1S/C17H27NO/c1-13(2)9-14-5-3-7-16(10-14)18-17-8-4-6-15(11-17)12-19/h4,6,8,11,13-14,16,18-19H,3,5,7,9-10,12H2,1-2H3. The summed E-state index contributed by atoms with van der Waals surface area (Å²) in [5.74, 6) is 1.69. The van der Waals surface area contributed by atoms with E-state index in [4.69, 9.17) is 0 Å². The summed E-state index contributed by atoms with van der Waals surface area (Å²) in [4.78, 5) is 0. The van der Waals surface area contributed by atoms with Crippen molar-refractivity contribution in [1.82, 2.24) is 0 Å².